The molecule has 3 N–H and O–H groups in total. The maximum Gasteiger partial charge on any atom is 0.306 e. The normalized spacial score (nSPS) is 12.0. The maximum atomic E-state index is 10.6. The van der Waals surface area contributed by atoms with Crippen molar-refractivity contribution in [3.63, 3.8) is 0 Å². The lowest BCUT2D eigenvalue weighted by Gasteiger charge is -2.08. The molecular weight excluding hydrogens is 154 g/mol. The molecule has 0 saturated carbocycles. The molecule has 0 aromatic carbocycles. The molecule has 0 aromatic heterocycles. The summed E-state index contributed by atoms with van der Waals surface area (Å²) in [6.07, 6.45) is 7.51. The number of rotatable bonds is 6. The van der Waals surface area contributed by atoms with Crippen molar-refractivity contribution in [2.45, 2.75) is 25.7 Å². The first kappa shape index (κ1) is 11.0. The van der Waals surface area contributed by atoms with E-state index in [2.05, 4.69) is 5.92 Å². The van der Waals surface area contributed by atoms with E-state index >= 15 is 0 Å². The van der Waals surface area contributed by atoms with E-state index in [-0.39, 0.29) is 5.92 Å². The zero-order valence-electron chi connectivity index (χ0n) is 7.12. The van der Waals surface area contributed by atoms with Gasteiger partial charge in [0.1, 0.15) is 0 Å². The Balaban J connectivity index is 3.72. The van der Waals surface area contributed by atoms with E-state index < -0.39 is 5.97 Å². The van der Waals surface area contributed by atoms with Crippen LogP contribution < -0.4 is 5.73 Å². The van der Waals surface area contributed by atoms with Crippen LogP contribution in [0, 0.1) is 18.3 Å². The van der Waals surface area contributed by atoms with Crippen LogP contribution in [-0.2, 0) is 4.79 Å². The third kappa shape index (κ3) is 4.75. The highest BCUT2D eigenvalue weighted by Crippen LogP contribution is 2.12. The molecule has 0 amide bonds. The fraction of sp³-hybridized carbons (Fsp3) is 0.667. The van der Waals surface area contributed by atoms with Crippen molar-refractivity contribution in [3.05, 3.63) is 0 Å². The van der Waals surface area contributed by atoms with Crippen LogP contribution in [0.25, 0.3) is 0 Å². The molecule has 0 rings (SSSR count). The first-order valence-corrected chi connectivity index (χ1v) is 4.08. The third-order valence-electron chi connectivity index (χ3n) is 1.74. The van der Waals surface area contributed by atoms with E-state index in [9.17, 15) is 4.79 Å². The van der Waals surface area contributed by atoms with Gasteiger partial charge in [0.05, 0.1) is 5.92 Å². The standard InChI is InChI=1S/C9H15NO2/c1-2-3-5-8(9(11)12)6-4-7-10/h1,8H,3-7,10H2,(H,11,12). The number of terminal acetylenes is 1. The largest absolute Gasteiger partial charge is 0.481 e. The van der Waals surface area contributed by atoms with E-state index in [1.54, 1.807) is 0 Å². The van der Waals surface area contributed by atoms with Gasteiger partial charge in [0.25, 0.3) is 0 Å². The van der Waals surface area contributed by atoms with Gasteiger partial charge in [0, 0.05) is 6.42 Å². The third-order valence-corrected chi connectivity index (χ3v) is 1.74. The summed E-state index contributed by atoms with van der Waals surface area (Å²) in [6, 6.07) is 0. The van der Waals surface area contributed by atoms with E-state index in [4.69, 9.17) is 17.3 Å². The molecular formula is C9H15NO2. The number of carboxylic acid groups (broad SMARTS) is 1. The summed E-state index contributed by atoms with van der Waals surface area (Å²) in [6.45, 7) is 0.542. The van der Waals surface area contributed by atoms with E-state index in [0.29, 0.717) is 25.8 Å². The molecule has 0 aliphatic heterocycles. The lowest BCUT2D eigenvalue weighted by molar-refractivity contribution is -0.142. The molecule has 0 aliphatic rings. The Morgan fingerprint density at radius 2 is 2.25 bits per heavy atom. The lowest BCUT2D eigenvalue weighted by atomic mass is 9.98. The van der Waals surface area contributed by atoms with Gasteiger partial charge in [0.15, 0.2) is 0 Å². The quantitative estimate of drug-likeness (QED) is 0.579. The minimum Gasteiger partial charge on any atom is -0.481 e. The average Bonchev–Trinajstić information content (AvgIpc) is 2.04. The van der Waals surface area contributed by atoms with Crippen molar-refractivity contribution in [2.24, 2.45) is 11.7 Å². The molecule has 3 nitrogen and oxygen atoms in total. The predicted octanol–water partition coefficient (Wildman–Crippen LogP) is 0.840. The molecule has 0 heterocycles. The van der Waals surface area contributed by atoms with Gasteiger partial charge in [-0.1, -0.05) is 0 Å². The smallest absolute Gasteiger partial charge is 0.306 e. The summed E-state index contributed by atoms with van der Waals surface area (Å²) in [4.78, 5) is 10.6. The molecule has 0 spiro atoms. The SMILES string of the molecule is C#CCCC(CCCN)C(=O)O. The molecule has 68 valence electrons. The van der Waals surface area contributed by atoms with Gasteiger partial charge in [-0.15, -0.1) is 12.3 Å². The van der Waals surface area contributed by atoms with Crippen LogP contribution in [-0.4, -0.2) is 17.6 Å². The summed E-state index contributed by atoms with van der Waals surface area (Å²) in [7, 11) is 0. The monoisotopic (exact) mass is 169 g/mol. The Kier molecular flexibility index (Phi) is 6.12. The Bertz CT molecular complexity index is 172. The lowest BCUT2D eigenvalue weighted by Crippen LogP contribution is -2.15. The number of aliphatic carboxylic acids is 1. The van der Waals surface area contributed by atoms with Crippen molar-refractivity contribution in [1.82, 2.24) is 0 Å². The first-order valence-electron chi connectivity index (χ1n) is 4.08. The van der Waals surface area contributed by atoms with Crippen molar-refractivity contribution in [2.75, 3.05) is 6.54 Å². The molecule has 1 atom stereocenters. The van der Waals surface area contributed by atoms with Crippen molar-refractivity contribution >= 4 is 5.97 Å². The Morgan fingerprint density at radius 3 is 2.67 bits per heavy atom. The highest BCUT2D eigenvalue weighted by atomic mass is 16.4. The van der Waals surface area contributed by atoms with Gasteiger partial charge in [0.2, 0.25) is 0 Å². The highest BCUT2D eigenvalue weighted by molar-refractivity contribution is 5.69. The van der Waals surface area contributed by atoms with Crippen molar-refractivity contribution < 1.29 is 9.90 Å². The topological polar surface area (TPSA) is 63.3 Å². The van der Waals surface area contributed by atoms with Gasteiger partial charge in [-0.2, -0.15) is 0 Å². The second-order valence-corrected chi connectivity index (χ2v) is 2.71. The van der Waals surface area contributed by atoms with Crippen molar-refractivity contribution in [1.29, 1.82) is 0 Å². The van der Waals surface area contributed by atoms with Crippen molar-refractivity contribution in [3.8, 4) is 12.3 Å². The second kappa shape index (κ2) is 6.68. The Labute approximate surface area is 73.0 Å². The molecule has 0 saturated heterocycles. The van der Waals surface area contributed by atoms with E-state index in [0.717, 1.165) is 6.42 Å². The predicted molar refractivity (Wildman–Crippen MR) is 47.5 cm³/mol. The van der Waals surface area contributed by atoms with Crippen LogP contribution in [0.5, 0.6) is 0 Å². The van der Waals surface area contributed by atoms with Crippen LogP contribution in [0.2, 0.25) is 0 Å². The summed E-state index contributed by atoms with van der Waals surface area (Å²) in [5.74, 6) is 1.35. The fourth-order valence-corrected chi connectivity index (χ4v) is 1.01. The molecule has 0 fully saturated rings. The number of hydrogen-bond donors (Lipinski definition) is 2. The molecule has 3 heteroatoms. The Morgan fingerprint density at radius 1 is 1.58 bits per heavy atom. The number of hydrogen-bond acceptors (Lipinski definition) is 2. The maximum absolute atomic E-state index is 10.6. The average molecular weight is 169 g/mol. The van der Waals surface area contributed by atoms with Crippen LogP contribution in [0.15, 0.2) is 0 Å². The molecule has 12 heavy (non-hydrogen) atoms. The first-order chi connectivity index (χ1) is 5.72. The number of nitrogens with two attached hydrogens (primary N) is 1. The van der Waals surface area contributed by atoms with Gasteiger partial charge < -0.3 is 10.8 Å². The fourth-order valence-electron chi connectivity index (χ4n) is 1.01. The van der Waals surface area contributed by atoms with Crippen LogP contribution in [0.1, 0.15) is 25.7 Å². The minimum absolute atomic E-state index is 0.315. The highest BCUT2D eigenvalue weighted by Gasteiger charge is 2.15. The van der Waals surface area contributed by atoms with Crippen LogP contribution in [0.3, 0.4) is 0 Å². The summed E-state index contributed by atoms with van der Waals surface area (Å²) >= 11 is 0. The second-order valence-electron chi connectivity index (χ2n) is 2.71. The van der Waals surface area contributed by atoms with Gasteiger partial charge in [-0.05, 0) is 25.8 Å². The van der Waals surface area contributed by atoms with E-state index in [1.165, 1.54) is 0 Å². The van der Waals surface area contributed by atoms with E-state index in [1.807, 2.05) is 0 Å². The zero-order valence-corrected chi connectivity index (χ0v) is 7.12. The minimum atomic E-state index is -0.765. The number of carboxylic acids is 1. The van der Waals surface area contributed by atoms with Gasteiger partial charge in [-0.3, -0.25) is 4.79 Å². The zero-order chi connectivity index (χ0) is 9.40. The van der Waals surface area contributed by atoms with Crippen LogP contribution in [0.4, 0.5) is 0 Å². The summed E-state index contributed by atoms with van der Waals surface area (Å²) in [5.41, 5.74) is 5.27. The molecule has 0 bridgehead atoms. The van der Waals surface area contributed by atoms with Gasteiger partial charge in [-0.25, -0.2) is 0 Å². The molecule has 1 unspecified atom stereocenters. The summed E-state index contributed by atoms with van der Waals surface area (Å²) < 4.78 is 0. The molecule has 0 aliphatic carbocycles. The van der Waals surface area contributed by atoms with Crippen LogP contribution >= 0.6 is 0 Å². The summed E-state index contributed by atoms with van der Waals surface area (Å²) in [5, 5.41) is 8.72. The molecule has 0 aromatic rings. The number of carbonyl (C=O) groups is 1. The molecule has 0 radical (unpaired) electrons. The Hall–Kier alpha value is -1.01. The van der Waals surface area contributed by atoms with Gasteiger partial charge >= 0.3 is 5.97 Å².